The molecule has 116 valence electrons. The second kappa shape index (κ2) is 6.43. The topological polar surface area (TPSA) is 96.4 Å². The molecule has 6 nitrogen and oxygen atoms in total. The van der Waals surface area contributed by atoms with Gasteiger partial charge in [-0.2, -0.15) is 0 Å². The molecule has 0 aliphatic heterocycles. The fourth-order valence-electron chi connectivity index (χ4n) is 1.86. The largest absolute Gasteiger partial charge is 0.478 e. The Labute approximate surface area is 132 Å². The monoisotopic (exact) mass is 340 g/mol. The highest BCUT2D eigenvalue weighted by atomic mass is 35.5. The molecule has 2 aromatic rings. The first kappa shape index (κ1) is 16.4. The number of nitrogens with one attached hydrogen (secondary N) is 1. The normalized spacial score (nSPS) is 12.8. The zero-order chi connectivity index (χ0) is 16.3. The van der Waals surface area contributed by atoms with E-state index in [4.69, 9.17) is 16.7 Å². The summed E-state index contributed by atoms with van der Waals surface area (Å²) in [5, 5.41) is 8.99. The number of benzene rings is 1. The lowest BCUT2D eigenvalue weighted by Gasteiger charge is -2.15. The molecule has 0 amide bonds. The van der Waals surface area contributed by atoms with Gasteiger partial charge >= 0.3 is 5.97 Å². The maximum atomic E-state index is 12.3. The number of aromatic nitrogens is 1. The zero-order valence-electron chi connectivity index (χ0n) is 11.5. The van der Waals surface area contributed by atoms with Gasteiger partial charge in [-0.3, -0.25) is 4.98 Å². The highest BCUT2D eigenvalue weighted by Gasteiger charge is 2.21. The maximum absolute atomic E-state index is 12.3. The van der Waals surface area contributed by atoms with Crippen molar-refractivity contribution in [3.05, 3.63) is 58.9 Å². The first-order valence-corrected chi connectivity index (χ1v) is 8.12. The van der Waals surface area contributed by atoms with Crippen LogP contribution in [0.2, 0.25) is 5.02 Å². The molecule has 1 aromatic carbocycles. The van der Waals surface area contributed by atoms with Gasteiger partial charge in [-0.1, -0.05) is 11.6 Å². The number of sulfonamides is 1. The smallest absolute Gasteiger partial charge is 0.337 e. The van der Waals surface area contributed by atoms with Gasteiger partial charge in [0.25, 0.3) is 0 Å². The number of nitrogens with zero attached hydrogens (tertiary/aromatic N) is 1. The quantitative estimate of drug-likeness (QED) is 0.871. The van der Waals surface area contributed by atoms with Gasteiger partial charge in [-0.15, -0.1) is 0 Å². The third-order valence-corrected chi connectivity index (χ3v) is 4.88. The lowest BCUT2D eigenvalue weighted by molar-refractivity contribution is 0.0697. The van der Waals surface area contributed by atoms with Crippen LogP contribution in [0.4, 0.5) is 0 Å². The average Bonchev–Trinajstić information content (AvgIpc) is 2.47. The number of carboxylic acids is 1. The molecule has 2 N–H and O–H groups in total. The molecular weight excluding hydrogens is 328 g/mol. The SMILES string of the molecule is C[C@H](NS(=O)(=O)c1ccc(Cl)c(C(=O)O)c1)c1ccncc1. The van der Waals surface area contributed by atoms with Gasteiger partial charge in [-0.05, 0) is 42.8 Å². The van der Waals surface area contributed by atoms with E-state index in [9.17, 15) is 13.2 Å². The molecule has 8 heteroatoms. The lowest BCUT2D eigenvalue weighted by Crippen LogP contribution is -2.27. The van der Waals surface area contributed by atoms with Crippen LogP contribution in [-0.2, 0) is 10.0 Å². The van der Waals surface area contributed by atoms with E-state index in [1.165, 1.54) is 12.1 Å². The van der Waals surface area contributed by atoms with Crippen LogP contribution in [0.3, 0.4) is 0 Å². The molecule has 0 spiro atoms. The van der Waals surface area contributed by atoms with Gasteiger partial charge in [0.1, 0.15) is 0 Å². The highest BCUT2D eigenvalue weighted by Crippen LogP contribution is 2.22. The number of carbonyl (C=O) groups is 1. The van der Waals surface area contributed by atoms with E-state index < -0.39 is 22.0 Å². The molecule has 22 heavy (non-hydrogen) atoms. The molecular formula is C14H13ClN2O4S. The van der Waals surface area contributed by atoms with E-state index in [-0.39, 0.29) is 15.5 Å². The predicted octanol–water partition coefficient (Wildman–Crippen LogP) is 2.47. The summed E-state index contributed by atoms with van der Waals surface area (Å²) in [6.45, 7) is 1.68. The van der Waals surface area contributed by atoms with Crippen LogP contribution in [0.5, 0.6) is 0 Å². The minimum atomic E-state index is -3.87. The van der Waals surface area contributed by atoms with E-state index in [1.807, 2.05) is 0 Å². The summed E-state index contributed by atoms with van der Waals surface area (Å²) < 4.78 is 27.2. The molecule has 0 radical (unpaired) electrons. The summed E-state index contributed by atoms with van der Waals surface area (Å²) in [6, 6.07) is 6.44. The van der Waals surface area contributed by atoms with Gasteiger partial charge in [0.05, 0.1) is 15.5 Å². The maximum Gasteiger partial charge on any atom is 0.337 e. The molecule has 1 heterocycles. The number of aromatic carboxylic acids is 1. The summed E-state index contributed by atoms with van der Waals surface area (Å²) in [4.78, 5) is 14.7. The van der Waals surface area contributed by atoms with Gasteiger partial charge in [0.15, 0.2) is 0 Å². The summed E-state index contributed by atoms with van der Waals surface area (Å²) >= 11 is 5.74. The second-order valence-corrected chi connectivity index (χ2v) is 6.69. The summed E-state index contributed by atoms with van der Waals surface area (Å²) in [6.07, 6.45) is 3.12. The van der Waals surface area contributed by atoms with Crippen LogP contribution < -0.4 is 4.72 Å². The Morgan fingerprint density at radius 3 is 2.50 bits per heavy atom. The summed E-state index contributed by atoms with van der Waals surface area (Å²) in [5.74, 6) is -1.29. The van der Waals surface area contributed by atoms with Crippen LogP contribution >= 0.6 is 11.6 Å². The van der Waals surface area contributed by atoms with Crippen molar-refractivity contribution in [3.8, 4) is 0 Å². The van der Waals surface area contributed by atoms with Crippen LogP contribution in [0.15, 0.2) is 47.6 Å². The Kier molecular flexibility index (Phi) is 4.80. The Morgan fingerprint density at radius 1 is 1.27 bits per heavy atom. The Bertz CT molecular complexity index is 794. The van der Waals surface area contributed by atoms with E-state index in [2.05, 4.69) is 9.71 Å². The number of rotatable bonds is 5. The molecule has 0 fully saturated rings. The molecule has 0 bridgehead atoms. The Morgan fingerprint density at radius 2 is 1.91 bits per heavy atom. The van der Waals surface area contributed by atoms with Gasteiger partial charge in [-0.25, -0.2) is 17.9 Å². The molecule has 1 aromatic heterocycles. The van der Waals surface area contributed by atoms with Crippen molar-refractivity contribution in [3.63, 3.8) is 0 Å². The number of hydrogen-bond acceptors (Lipinski definition) is 4. The van der Waals surface area contributed by atoms with Crippen LogP contribution in [-0.4, -0.2) is 24.5 Å². The van der Waals surface area contributed by atoms with Crippen molar-refractivity contribution in [2.24, 2.45) is 0 Å². The molecule has 0 aliphatic rings. The second-order valence-electron chi connectivity index (χ2n) is 4.57. The van der Waals surface area contributed by atoms with E-state index in [0.717, 1.165) is 11.6 Å². The Hall–Kier alpha value is -1.96. The van der Waals surface area contributed by atoms with Crippen molar-refractivity contribution in [1.82, 2.24) is 9.71 Å². The van der Waals surface area contributed by atoms with Crippen LogP contribution in [0.25, 0.3) is 0 Å². The van der Waals surface area contributed by atoms with Crippen molar-refractivity contribution < 1.29 is 18.3 Å². The van der Waals surface area contributed by atoms with Gasteiger partial charge in [0.2, 0.25) is 10.0 Å². The molecule has 0 saturated carbocycles. The van der Waals surface area contributed by atoms with Crippen molar-refractivity contribution in [1.29, 1.82) is 0 Å². The standard InChI is InChI=1S/C14H13ClN2O4S/c1-9(10-4-6-16-7-5-10)17-22(20,21)11-2-3-13(15)12(8-11)14(18)19/h2-9,17H,1H3,(H,18,19)/t9-/m0/s1. The fraction of sp³-hybridized carbons (Fsp3) is 0.143. The zero-order valence-corrected chi connectivity index (χ0v) is 13.1. The fourth-order valence-corrected chi connectivity index (χ4v) is 3.31. The highest BCUT2D eigenvalue weighted by molar-refractivity contribution is 7.89. The molecule has 0 aliphatic carbocycles. The molecule has 1 atom stereocenters. The molecule has 2 rings (SSSR count). The van der Waals surface area contributed by atoms with Gasteiger partial charge in [0, 0.05) is 18.4 Å². The number of halogens is 1. The Balaban J connectivity index is 2.31. The van der Waals surface area contributed by atoms with E-state index >= 15 is 0 Å². The third kappa shape index (κ3) is 3.62. The van der Waals surface area contributed by atoms with Crippen molar-refractivity contribution in [2.45, 2.75) is 17.9 Å². The summed E-state index contributed by atoms with van der Waals surface area (Å²) in [5.41, 5.74) is 0.479. The minimum absolute atomic E-state index is 0.0198. The lowest BCUT2D eigenvalue weighted by atomic mass is 10.1. The first-order chi connectivity index (χ1) is 10.3. The predicted molar refractivity (Wildman–Crippen MR) is 81.4 cm³/mol. The van der Waals surface area contributed by atoms with E-state index in [1.54, 1.807) is 31.5 Å². The van der Waals surface area contributed by atoms with Crippen LogP contribution in [0, 0.1) is 0 Å². The van der Waals surface area contributed by atoms with Crippen LogP contribution in [0.1, 0.15) is 28.9 Å². The third-order valence-electron chi connectivity index (χ3n) is 3.02. The van der Waals surface area contributed by atoms with Crippen molar-refractivity contribution in [2.75, 3.05) is 0 Å². The van der Waals surface area contributed by atoms with Gasteiger partial charge < -0.3 is 5.11 Å². The first-order valence-electron chi connectivity index (χ1n) is 6.26. The van der Waals surface area contributed by atoms with E-state index in [0.29, 0.717) is 0 Å². The minimum Gasteiger partial charge on any atom is -0.478 e. The molecule has 0 unspecified atom stereocenters. The number of carboxylic acid groups (broad SMARTS) is 1. The molecule has 0 saturated heterocycles. The number of pyridine rings is 1. The number of hydrogen-bond donors (Lipinski definition) is 2. The summed E-state index contributed by atoms with van der Waals surface area (Å²) in [7, 11) is -3.87. The average molecular weight is 341 g/mol. The van der Waals surface area contributed by atoms with Crippen molar-refractivity contribution >= 4 is 27.6 Å².